The summed E-state index contributed by atoms with van der Waals surface area (Å²) < 4.78 is 2.04. The molecule has 3 rings (SSSR count). The van der Waals surface area contributed by atoms with Crippen molar-refractivity contribution in [2.75, 3.05) is 0 Å². The summed E-state index contributed by atoms with van der Waals surface area (Å²) in [6, 6.07) is 15.4. The van der Waals surface area contributed by atoms with Crippen molar-refractivity contribution in [3.8, 4) is 11.4 Å². The highest BCUT2D eigenvalue weighted by atomic mass is 35.5. The van der Waals surface area contributed by atoms with Gasteiger partial charge in [-0.25, -0.2) is 5.10 Å². The minimum atomic E-state index is 0.440. The molecule has 1 heterocycles. The number of hydrogen-bond donors (Lipinski definition) is 1. The Morgan fingerprint density at radius 2 is 1.91 bits per heavy atom. The zero-order valence-corrected chi connectivity index (χ0v) is 13.4. The van der Waals surface area contributed by atoms with Crippen molar-refractivity contribution in [1.29, 1.82) is 0 Å². The number of aromatic nitrogens is 3. The van der Waals surface area contributed by atoms with E-state index in [2.05, 4.69) is 15.3 Å². The summed E-state index contributed by atoms with van der Waals surface area (Å²) in [4.78, 5) is 0. The highest BCUT2D eigenvalue weighted by molar-refractivity contribution is 7.71. The largest absolute Gasteiger partial charge is 0.250 e. The Morgan fingerprint density at radius 1 is 1.18 bits per heavy atom. The van der Waals surface area contributed by atoms with Crippen LogP contribution in [0.1, 0.15) is 11.1 Å². The number of nitrogens with zero attached hydrogens (tertiary/aromatic N) is 3. The first-order valence-electron chi connectivity index (χ1n) is 6.68. The second-order valence-electron chi connectivity index (χ2n) is 4.77. The molecule has 0 aliphatic carbocycles. The summed E-state index contributed by atoms with van der Waals surface area (Å²) in [7, 11) is 0. The molecule has 3 aromatic rings. The first-order chi connectivity index (χ1) is 10.6. The van der Waals surface area contributed by atoms with Gasteiger partial charge in [-0.1, -0.05) is 35.9 Å². The van der Waals surface area contributed by atoms with Gasteiger partial charge in [-0.15, -0.1) is 0 Å². The fourth-order valence-corrected chi connectivity index (χ4v) is 2.34. The van der Waals surface area contributed by atoms with Gasteiger partial charge in [0.2, 0.25) is 4.77 Å². The third-order valence-corrected chi connectivity index (χ3v) is 3.77. The van der Waals surface area contributed by atoms with Crippen LogP contribution in [0, 0.1) is 11.7 Å². The average molecular weight is 329 g/mol. The van der Waals surface area contributed by atoms with Crippen molar-refractivity contribution < 1.29 is 0 Å². The summed E-state index contributed by atoms with van der Waals surface area (Å²) in [5, 5.41) is 12.1. The molecule has 0 fully saturated rings. The first-order valence-corrected chi connectivity index (χ1v) is 7.47. The molecular formula is C16H13ClN4S. The lowest BCUT2D eigenvalue weighted by Gasteiger charge is -2.02. The van der Waals surface area contributed by atoms with Crippen LogP contribution in [-0.4, -0.2) is 21.1 Å². The number of aryl methyl sites for hydroxylation is 1. The normalized spacial score (nSPS) is 11.2. The minimum Gasteiger partial charge on any atom is -0.250 e. The van der Waals surface area contributed by atoms with Crippen molar-refractivity contribution in [2.24, 2.45) is 5.10 Å². The molecule has 1 N–H and O–H groups in total. The Bertz CT molecular complexity index is 878. The van der Waals surface area contributed by atoms with E-state index in [1.807, 2.05) is 55.5 Å². The van der Waals surface area contributed by atoms with Crippen LogP contribution in [0.2, 0.25) is 5.02 Å². The van der Waals surface area contributed by atoms with Gasteiger partial charge in [-0.2, -0.15) is 14.9 Å². The monoisotopic (exact) mass is 328 g/mol. The number of rotatable bonds is 3. The van der Waals surface area contributed by atoms with Gasteiger partial charge < -0.3 is 0 Å². The molecule has 0 saturated heterocycles. The first kappa shape index (κ1) is 14.7. The quantitative estimate of drug-likeness (QED) is 0.570. The summed E-state index contributed by atoms with van der Waals surface area (Å²) in [6.07, 6.45) is 1.78. The van der Waals surface area contributed by atoms with Gasteiger partial charge in [0, 0.05) is 10.6 Å². The van der Waals surface area contributed by atoms with E-state index in [4.69, 9.17) is 23.8 Å². The summed E-state index contributed by atoms with van der Waals surface area (Å²) >= 11 is 11.2. The second-order valence-corrected chi connectivity index (χ2v) is 5.60. The zero-order valence-electron chi connectivity index (χ0n) is 11.8. The van der Waals surface area contributed by atoms with E-state index >= 15 is 0 Å². The topological polar surface area (TPSA) is 46.0 Å². The maximum absolute atomic E-state index is 5.92. The molecule has 110 valence electrons. The van der Waals surface area contributed by atoms with E-state index in [-0.39, 0.29) is 0 Å². The molecule has 2 aromatic carbocycles. The predicted octanol–water partition coefficient (Wildman–Crippen LogP) is 4.45. The zero-order chi connectivity index (χ0) is 15.5. The van der Waals surface area contributed by atoms with Gasteiger partial charge in [-0.05, 0) is 54.5 Å². The minimum absolute atomic E-state index is 0.440. The third-order valence-electron chi connectivity index (χ3n) is 3.25. The number of nitrogens with one attached hydrogen (secondary N) is 1. The Labute approximate surface area is 138 Å². The molecule has 0 aliphatic rings. The van der Waals surface area contributed by atoms with Crippen molar-refractivity contribution >= 4 is 30.0 Å². The van der Waals surface area contributed by atoms with E-state index < -0.39 is 0 Å². The summed E-state index contributed by atoms with van der Waals surface area (Å²) in [5.74, 6) is 0.645. The third kappa shape index (κ3) is 3.00. The maximum atomic E-state index is 5.92. The summed E-state index contributed by atoms with van der Waals surface area (Å²) in [6.45, 7) is 2.04. The molecule has 0 saturated carbocycles. The molecule has 1 aromatic heterocycles. The number of halogens is 1. The summed E-state index contributed by atoms with van der Waals surface area (Å²) in [5.41, 5.74) is 3.07. The van der Waals surface area contributed by atoms with Crippen LogP contribution in [0.4, 0.5) is 0 Å². The highest BCUT2D eigenvalue weighted by Gasteiger charge is 2.07. The van der Waals surface area contributed by atoms with E-state index in [0.29, 0.717) is 15.6 Å². The Balaban J connectivity index is 2.01. The molecule has 0 unspecified atom stereocenters. The van der Waals surface area contributed by atoms with Crippen molar-refractivity contribution in [3.05, 3.63) is 69.5 Å². The van der Waals surface area contributed by atoms with Crippen LogP contribution in [0.15, 0.2) is 53.6 Å². The average Bonchev–Trinajstić information content (AvgIpc) is 2.88. The van der Waals surface area contributed by atoms with Crippen molar-refractivity contribution in [2.45, 2.75) is 6.92 Å². The lowest BCUT2D eigenvalue weighted by Crippen LogP contribution is -1.96. The van der Waals surface area contributed by atoms with E-state index in [1.165, 1.54) is 0 Å². The lowest BCUT2D eigenvalue weighted by atomic mass is 10.1. The van der Waals surface area contributed by atoms with Gasteiger partial charge in [-0.3, -0.25) is 0 Å². The van der Waals surface area contributed by atoms with Crippen LogP contribution >= 0.6 is 23.8 Å². The predicted molar refractivity (Wildman–Crippen MR) is 92.0 cm³/mol. The Morgan fingerprint density at radius 3 is 2.64 bits per heavy atom. The molecule has 4 nitrogen and oxygen atoms in total. The van der Waals surface area contributed by atoms with Crippen molar-refractivity contribution in [1.82, 2.24) is 14.9 Å². The molecule has 0 amide bonds. The fourth-order valence-electron chi connectivity index (χ4n) is 2.04. The smallest absolute Gasteiger partial charge is 0.216 e. The molecule has 22 heavy (non-hydrogen) atoms. The van der Waals surface area contributed by atoms with Gasteiger partial charge in [0.05, 0.1) is 6.21 Å². The number of aromatic amines is 1. The van der Waals surface area contributed by atoms with Crippen LogP contribution in [0.5, 0.6) is 0 Å². The Kier molecular flexibility index (Phi) is 4.18. The molecule has 0 bridgehead atoms. The van der Waals surface area contributed by atoms with Gasteiger partial charge in [0.15, 0.2) is 5.82 Å². The molecular weight excluding hydrogens is 316 g/mol. The van der Waals surface area contributed by atoms with Crippen LogP contribution in [-0.2, 0) is 0 Å². The number of benzene rings is 2. The SMILES string of the molecule is Cc1ccccc1/C=N/n1c(-c2ccc(Cl)cc2)n[nH]c1=S. The van der Waals surface area contributed by atoms with Gasteiger partial charge in [0.25, 0.3) is 0 Å². The molecule has 6 heteroatoms. The molecule has 0 radical (unpaired) electrons. The van der Waals surface area contributed by atoms with E-state index in [1.54, 1.807) is 10.9 Å². The molecule has 0 spiro atoms. The standard InChI is InChI=1S/C16H13ClN4S/c1-11-4-2-3-5-13(11)10-18-21-15(19-20-16(21)22)12-6-8-14(17)9-7-12/h2-10H,1H3,(H,20,22)/b18-10+. The fraction of sp³-hybridized carbons (Fsp3) is 0.0625. The lowest BCUT2D eigenvalue weighted by molar-refractivity contribution is 0.871. The second kappa shape index (κ2) is 6.25. The highest BCUT2D eigenvalue weighted by Crippen LogP contribution is 2.19. The number of hydrogen-bond acceptors (Lipinski definition) is 3. The van der Waals surface area contributed by atoms with Crippen LogP contribution in [0.25, 0.3) is 11.4 Å². The van der Waals surface area contributed by atoms with Crippen LogP contribution < -0.4 is 0 Å². The van der Waals surface area contributed by atoms with Gasteiger partial charge in [0.1, 0.15) is 0 Å². The van der Waals surface area contributed by atoms with E-state index in [9.17, 15) is 0 Å². The van der Waals surface area contributed by atoms with Gasteiger partial charge >= 0.3 is 0 Å². The molecule has 0 atom stereocenters. The van der Waals surface area contributed by atoms with E-state index in [0.717, 1.165) is 16.7 Å². The maximum Gasteiger partial charge on any atom is 0.216 e. The van der Waals surface area contributed by atoms with Crippen molar-refractivity contribution in [3.63, 3.8) is 0 Å². The Hall–Kier alpha value is -2.24. The molecule has 0 aliphatic heterocycles. The number of H-pyrrole nitrogens is 1. The van der Waals surface area contributed by atoms with Crippen LogP contribution in [0.3, 0.4) is 0 Å².